The molecule has 3 N–H and O–H groups in total. The van der Waals surface area contributed by atoms with Gasteiger partial charge in [0.15, 0.2) is 0 Å². The number of benzene rings is 1. The van der Waals surface area contributed by atoms with Gasteiger partial charge < -0.3 is 15.8 Å². The second kappa shape index (κ2) is 7.51. The molecular weight excluding hydrogens is 236 g/mol. The van der Waals surface area contributed by atoms with Gasteiger partial charge >= 0.3 is 0 Å². The van der Waals surface area contributed by atoms with Crippen molar-refractivity contribution in [3.05, 3.63) is 29.3 Å². The zero-order chi connectivity index (χ0) is 14.3. The number of aryl methyl sites for hydroxylation is 1. The first kappa shape index (κ1) is 16.0. The Morgan fingerprint density at radius 2 is 2.05 bits per heavy atom. The molecule has 0 aliphatic heterocycles. The summed E-state index contributed by atoms with van der Waals surface area (Å²) in [7, 11) is 1.73. The summed E-state index contributed by atoms with van der Waals surface area (Å²) >= 11 is 0. The zero-order valence-corrected chi connectivity index (χ0v) is 12.8. The van der Waals surface area contributed by atoms with E-state index >= 15 is 0 Å². The summed E-state index contributed by atoms with van der Waals surface area (Å²) < 4.78 is 5.39. The number of nitrogens with one attached hydrogen (secondary N) is 1. The van der Waals surface area contributed by atoms with E-state index in [1.54, 1.807) is 7.11 Å². The predicted molar refractivity (Wildman–Crippen MR) is 81.8 cm³/mol. The maximum Gasteiger partial charge on any atom is 0.122 e. The summed E-state index contributed by atoms with van der Waals surface area (Å²) in [5.41, 5.74) is 8.44. The van der Waals surface area contributed by atoms with Crippen LogP contribution in [0.15, 0.2) is 18.2 Å². The molecule has 108 valence electrons. The van der Waals surface area contributed by atoms with Crippen LogP contribution in [0.5, 0.6) is 5.75 Å². The average Bonchev–Trinajstić information content (AvgIpc) is 2.35. The van der Waals surface area contributed by atoms with Crippen LogP contribution in [-0.4, -0.2) is 26.7 Å². The molecule has 1 aromatic carbocycles. The highest BCUT2D eigenvalue weighted by Gasteiger charge is 2.15. The van der Waals surface area contributed by atoms with E-state index in [9.17, 15) is 0 Å². The van der Waals surface area contributed by atoms with Gasteiger partial charge in [0.05, 0.1) is 7.11 Å². The van der Waals surface area contributed by atoms with Gasteiger partial charge in [0.25, 0.3) is 0 Å². The molecule has 0 bridgehead atoms. The van der Waals surface area contributed by atoms with Gasteiger partial charge in [-0.3, -0.25) is 0 Å². The van der Waals surface area contributed by atoms with Gasteiger partial charge in [-0.05, 0) is 49.9 Å². The minimum Gasteiger partial charge on any atom is -0.496 e. The zero-order valence-electron chi connectivity index (χ0n) is 12.8. The third kappa shape index (κ3) is 5.62. The minimum absolute atomic E-state index is 0.269. The maximum absolute atomic E-state index is 5.62. The first-order chi connectivity index (χ1) is 8.98. The third-order valence-electron chi connectivity index (χ3n) is 3.43. The van der Waals surface area contributed by atoms with Gasteiger partial charge in [-0.25, -0.2) is 0 Å². The highest BCUT2D eigenvalue weighted by Crippen LogP contribution is 2.20. The monoisotopic (exact) mass is 264 g/mol. The molecule has 1 rings (SSSR count). The predicted octanol–water partition coefficient (Wildman–Crippen LogP) is 2.51. The average molecular weight is 264 g/mol. The van der Waals surface area contributed by atoms with E-state index in [0.29, 0.717) is 0 Å². The summed E-state index contributed by atoms with van der Waals surface area (Å²) in [4.78, 5) is 0. The molecule has 3 heteroatoms. The molecule has 0 heterocycles. The molecule has 0 atom stereocenters. The Bertz CT molecular complexity index is 388. The van der Waals surface area contributed by atoms with Crippen LogP contribution in [0.1, 0.15) is 31.4 Å². The van der Waals surface area contributed by atoms with E-state index < -0.39 is 0 Å². The van der Waals surface area contributed by atoms with Crippen molar-refractivity contribution in [1.82, 2.24) is 5.32 Å². The molecule has 0 aliphatic carbocycles. The fourth-order valence-electron chi connectivity index (χ4n) is 2.23. The molecule has 0 radical (unpaired) electrons. The molecule has 0 amide bonds. The van der Waals surface area contributed by atoms with Crippen LogP contribution in [0, 0.1) is 12.3 Å². The molecular formula is C16H28N2O. The molecule has 3 nitrogen and oxygen atoms in total. The molecule has 0 saturated heterocycles. The number of hydrogen-bond donors (Lipinski definition) is 2. The summed E-state index contributed by atoms with van der Waals surface area (Å²) in [6.45, 7) is 9.33. The Kier molecular flexibility index (Phi) is 6.32. The quantitative estimate of drug-likeness (QED) is 0.709. The lowest BCUT2D eigenvalue weighted by Crippen LogP contribution is -2.32. The molecule has 0 saturated carbocycles. The summed E-state index contributed by atoms with van der Waals surface area (Å²) in [6.07, 6.45) is 2.04. The highest BCUT2D eigenvalue weighted by molar-refractivity contribution is 5.37. The summed E-state index contributed by atoms with van der Waals surface area (Å²) in [5, 5.41) is 3.52. The number of nitrogens with two attached hydrogens (primary N) is 1. The number of methoxy groups -OCH3 is 1. The largest absolute Gasteiger partial charge is 0.496 e. The van der Waals surface area contributed by atoms with Crippen molar-refractivity contribution in [2.45, 2.75) is 33.6 Å². The lowest BCUT2D eigenvalue weighted by atomic mass is 9.89. The van der Waals surface area contributed by atoms with Crippen molar-refractivity contribution >= 4 is 0 Å². The van der Waals surface area contributed by atoms with Crippen molar-refractivity contribution in [2.75, 3.05) is 26.7 Å². The summed E-state index contributed by atoms with van der Waals surface area (Å²) in [5.74, 6) is 0.980. The lowest BCUT2D eigenvalue weighted by molar-refractivity contribution is 0.320. The number of rotatable bonds is 8. The van der Waals surface area contributed by atoms with Gasteiger partial charge in [0.1, 0.15) is 5.75 Å². The van der Waals surface area contributed by atoms with Crippen molar-refractivity contribution in [1.29, 1.82) is 0 Å². The Morgan fingerprint density at radius 1 is 1.32 bits per heavy atom. The standard InChI is InChI=1S/C16H28N2O/c1-13-5-6-15(19-4)14(11-13)7-10-18-12-16(2,3)8-9-17/h5-6,11,18H,7-10,12,17H2,1-4H3. The van der Waals surface area contributed by atoms with Crippen LogP contribution < -0.4 is 15.8 Å². The van der Waals surface area contributed by atoms with Crippen molar-refractivity contribution in [3.8, 4) is 5.75 Å². The maximum atomic E-state index is 5.62. The van der Waals surface area contributed by atoms with Crippen LogP contribution in [0.25, 0.3) is 0 Å². The van der Waals surface area contributed by atoms with Gasteiger partial charge in [-0.1, -0.05) is 31.5 Å². The molecule has 0 spiro atoms. The second-order valence-electron chi connectivity index (χ2n) is 5.94. The van der Waals surface area contributed by atoms with E-state index in [1.165, 1.54) is 11.1 Å². The van der Waals surface area contributed by atoms with Gasteiger partial charge in [0, 0.05) is 6.54 Å². The second-order valence-corrected chi connectivity index (χ2v) is 5.94. The topological polar surface area (TPSA) is 47.3 Å². The van der Waals surface area contributed by atoms with Crippen LogP contribution in [0.3, 0.4) is 0 Å². The molecule has 1 aromatic rings. The fraction of sp³-hybridized carbons (Fsp3) is 0.625. The Morgan fingerprint density at radius 3 is 2.68 bits per heavy atom. The SMILES string of the molecule is COc1ccc(C)cc1CCNCC(C)(C)CCN. The molecule has 19 heavy (non-hydrogen) atoms. The van der Waals surface area contributed by atoms with E-state index in [-0.39, 0.29) is 5.41 Å². The van der Waals surface area contributed by atoms with E-state index in [1.807, 2.05) is 6.07 Å². The minimum atomic E-state index is 0.269. The van der Waals surface area contributed by atoms with Crippen LogP contribution in [-0.2, 0) is 6.42 Å². The lowest BCUT2D eigenvalue weighted by Gasteiger charge is -2.24. The Labute approximate surface area is 117 Å². The van der Waals surface area contributed by atoms with Gasteiger partial charge in [-0.15, -0.1) is 0 Å². The van der Waals surface area contributed by atoms with Crippen LogP contribution >= 0.6 is 0 Å². The van der Waals surface area contributed by atoms with Crippen molar-refractivity contribution in [3.63, 3.8) is 0 Å². The normalized spacial score (nSPS) is 11.6. The van der Waals surface area contributed by atoms with E-state index in [2.05, 4.69) is 38.2 Å². The van der Waals surface area contributed by atoms with Gasteiger partial charge in [-0.2, -0.15) is 0 Å². The first-order valence-corrected chi connectivity index (χ1v) is 7.03. The smallest absolute Gasteiger partial charge is 0.122 e. The number of ether oxygens (including phenoxy) is 1. The third-order valence-corrected chi connectivity index (χ3v) is 3.43. The van der Waals surface area contributed by atoms with Crippen LogP contribution in [0.2, 0.25) is 0 Å². The Hall–Kier alpha value is -1.06. The first-order valence-electron chi connectivity index (χ1n) is 7.03. The van der Waals surface area contributed by atoms with E-state index in [0.717, 1.165) is 38.2 Å². The fourth-order valence-corrected chi connectivity index (χ4v) is 2.23. The van der Waals surface area contributed by atoms with Crippen molar-refractivity contribution in [2.24, 2.45) is 11.1 Å². The molecule has 0 fully saturated rings. The van der Waals surface area contributed by atoms with E-state index in [4.69, 9.17) is 10.5 Å². The summed E-state index contributed by atoms with van der Waals surface area (Å²) in [6, 6.07) is 6.33. The number of hydrogen-bond acceptors (Lipinski definition) is 3. The highest BCUT2D eigenvalue weighted by atomic mass is 16.5. The van der Waals surface area contributed by atoms with Crippen LogP contribution in [0.4, 0.5) is 0 Å². The Balaban J connectivity index is 2.43. The molecule has 0 unspecified atom stereocenters. The van der Waals surface area contributed by atoms with Crippen molar-refractivity contribution < 1.29 is 4.74 Å². The van der Waals surface area contributed by atoms with Gasteiger partial charge in [0.2, 0.25) is 0 Å². The molecule has 0 aromatic heterocycles. The molecule has 0 aliphatic rings.